The second kappa shape index (κ2) is 6.17. The summed E-state index contributed by atoms with van der Waals surface area (Å²) in [5, 5.41) is 6.45. The Morgan fingerprint density at radius 3 is 2.24 bits per heavy atom. The van der Waals surface area contributed by atoms with Gasteiger partial charge in [0.05, 0.1) is 11.3 Å². The minimum Gasteiger partial charge on any atom is -0.305 e. The van der Waals surface area contributed by atoms with E-state index in [0.29, 0.717) is 5.56 Å². The number of thioether (sulfide) groups is 1. The van der Waals surface area contributed by atoms with Crippen LogP contribution in [0.15, 0.2) is 57.7 Å². The smallest absolute Gasteiger partial charge is 0.305 e. The van der Waals surface area contributed by atoms with Crippen LogP contribution in [0.25, 0.3) is 11.1 Å². The molecule has 2 aromatic rings. The third kappa shape index (κ3) is 3.55. The van der Waals surface area contributed by atoms with Crippen molar-refractivity contribution in [1.82, 2.24) is 0 Å². The lowest BCUT2D eigenvalue weighted by molar-refractivity contribution is -0.137. The first-order chi connectivity index (χ1) is 9.95. The third-order valence-corrected chi connectivity index (χ3v) is 3.63. The van der Waals surface area contributed by atoms with Gasteiger partial charge in [-0.1, -0.05) is 23.4 Å². The molecule has 0 aliphatic rings. The first kappa shape index (κ1) is 15.4. The minimum atomic E-state index is -4.48. The molecule has 2 N–H and O–H groups in total. The van der Waals surface area contributed by atoms with Crippen LogP contribution in [0.5, 0.6) is 0 Å². The van der Waals surface area contributed by atoms with Gasteiger partial charge in [-0.15, -0.1) is 16.9 Å². The normalized spacial score (nSPS) is 12.0. The van der Waals surface area contributed by atoms with Crippen LogP contribution in [0.2, 0.25) is 0 Å². The Bertz CT molecular complexity index is 652. The lowest BCUT2D eigenvalue weighted by atomic mass is 9.99. The summed E-state index contributed by atoms with van der Waals surface area (Å²) in [7, 11) is 0. The molecule has 0 radical (unpaired) electrons. The molecule has 0 saturated heterocycles. The van der Waals surface area contributed by atoms with Gasteiger partial charge >= 0.3 is 6.18 Å². The second-order valence-corrected chi connectivity index (χ2v) is 5.05. The molecule has 0 atom stereocenters. The monoisotopic (exact) mass is 311 g/mol. The molecule has 0 aliphatic carbocycles. The van der Waals surface area contributed by atoms with Gasteiger partial charge < -0.3 is 5.84 Å². The highest BCUT2D eigenvalue weighted by molar-refractivity contribution is 7.98. The zero-order valence-electron chi connectivity index (χ0n) is 11.1. The number of hydrogen-bond acceptors (Lipinski definition) is 3. The maximum absolute atomic E-state index is 13.2. The first-order valence-corrected chi connectivity index (χ1v) is 7.15. The topological polar surface area (TPSA) is 50.7 Å². The summed E-state index contributed by atoms with van der Waals surface area (Å²) >= 11 is 1.53. The molecule has 0 spiro atoms. The molecule has 0 aromatic heterocycles. The molecule has 3 nitrogen and oxygen atoms in total. The first-order valence-electron chi connectivity index (χ1n) is 5.92. The van der Waals surface area contributed by atoms with E-state index in [1.165, 1.54) is 23.9 Å². The van der Waals surface area contributed by atoms with Gasteiger partial charge in [-0.05, 0) is 41.6 Å². The largest absolute Gasteiger partial charge is 0.417 e. The van der Waals surface area contributed by atoms with E-state index in [-0.39, 0.29) is 11.3 Å². The van der Waals surface area contributed by atoms with Crippen LogP contribution >= 0.6 is 11.8 Å². The number of nitrogens with two attached hydrogens (primary N) is 1. The average Bonchev–Trinajstić information content (AvgIpc) is 2.47. The number of alkyl halides is 3. The highest BCUT2D eigenvalue weighted by Gasteiger charge is 2.34. The Morgan fingerprint density at radius 1 is 1.05 bits per heavy atom. The van der Waals surface area contributed by atoms with Crippen molar-refractivity contribution in [2.45, 2.75) is 11.1 Å². The van der Waals surface area contributed by atoms with E-state index in [1.54, 1.807) is 24.3 Å². The fraction of sp³-hybridized carbons (Fsp3) is 0.143. The van der Waals surface area contributed by atoms with E-state index >= 15 is 0 Å². The van der Waals surface area contributed by atoms with Crippen molar-refractivity contribution in [2.24, 2.45) is 16.2 Å². The van der Waals surface area contributed by atoms with Gasteiger partial charge in [0.1, 0.15) is 0 Å². The van der Waals surface area contributed by atoms with Crippen LogP contribution in [-0.4, -0.2) is 6.26 Å². The van der Waals surface area contributed by atoms with Crippen molar-refractivity contribution < 1.29 is 13.2 Å². The summed E-state index contributed by atoms with van der Waals surface area (Å²) in [6.07, 6.45) is -2.57. The molecule has 110 valence electrons. The number of rotatable bonds is 3. The Labute approximate surface area is 124 Å². The fourth-order valence-electron chi connectivity index (χ4n) is 1.92. The molecule has 7 heteroatoms. The highest BCUT2D eigenvalue weighted by atomic mass is 32.2. The van der Waals surface area contributed by atoms with Gasteiger partial charge in [0.2, 0.25) is 0 Å². The van der Waals surface area contributed by atoms with Crippen molar-refractivity contribution in [3.8, 4) is 11.1 Å². The Kier molecular flexibility index (Phi) is 4.52. The maximum atomic E-state index is 13.2. The zero-order chi connectivity index (χ0) is 15.5. The summed E-state index contributed by atoms with van der Waals surface area (Å²) in [5.41, 5.74) is -0.0962. The second-order valence-electron chi connectivity index (χ2n) is 4.17. The zero-order valence-corrected chi connectivity index (χ0v) is 11.9. The van der Waals surface area contributed by atoms with Crippen LogP contribution in [-0.2, 0) is 6.18 Å². The maximum Gasteiger partial charge on any atom is 0.417 e. The summed E-state index contributed by atoms with van der Waals surface area (Å²) in [5.74, 6) is 4.88. The number of nitrogens with zero attached hydrogens (tertiary/aromatic N) is 2. The molecule has 2 aromatic carbocycles. The van der Waals surface area contributed by atoms with Crippen LogP contribution < -0.4 is 5.84 Å². The highest BCUT2D eigenvalue weighted by Crippen LogP contribution is 2.39. The van der Waals surface area contributed by atoms with Crippen molar-refractivity contribution in [1.29, 1.82) is 0 Å². The Balaban J connectivity index is 2.56. The Hall–Kier alpha value is -2.02. The summed E-state index contributed by atoms with van der Waals surface area (Å²) in [6, 6.07) is 10.7. The van der Waals surface area contributed by atoms with Gasteiger partial charge in [-0.3, -0.25) is 0 Å². The van der Waals surface area contributed by atoms with Crippen LogP contribution in [0.3, 0.4) is 0 Å². The molecule has 0 aliphatic heterocycles. The standard InChI is InChI=1S/C14H12F3N3S/c1-21-11-5-2-9(3-6-11)12-7-4-10(19-20-18)8-13(12)14(15,16)17/h2-8H,1H3,(H2,18,19). The SMILES string of the molecule is CSc1ccc(-c2ccc(N=NN)cc2C(F)(F)F)cc1. The molecule has 2 rings (SSSR count). The molecule has 0 fully saturated rings. The number of halogens is 3. The van der Waals surface area contributed by atoms with E-state index in [2.05, 4.69) is 10.3 Å². The molecule has 0 heterocycles. The number of hydrogen-bond donors (Lipinski definition) is 1. The quantitative estimate of drug-likeness (QED) is 0.373. The fourth-order valence-corrected chi connectivity index (χ4v) is 2.33. The summed E-state index contributed by atoms with van der Waals surface area (Å²) < 4.78 is 39.6. The lowest BCUT2D eigenvalue weighted by Gasteiger charge is -2.13. The van der Waals surface area contributed by atoms with Crippen molar-refractivity contribution in [3.63, 3.8) is 0 Å². The van der Waals surface area contributed by atoms with Crippen molar-refractivity contribution in [2.75, 3.05) is 6.26 Å². The summed E-state index contributed by atoms with van der Waals surface area (Å²) in [6.45, 7) is 0. The third-order valence-electron chi connectivity index (χ3n) is 2.88. The van der Waals surface area contributed by atoms with E-state index in [1.807, 2.05) is 6.26 Å². The van der Waals surface area contributed by atoms with E-state index in [9.17, 15) is 13.2 Å². The molecule has 21 heavy (non-hydrogen) atoms. The summed E-state index contributed by atoms with van der Waals surface area (Å²) in [4.78, 5) is 0.987. The average molecular weight is 311 g/mol. The predicted octanol–water partition coefficient (Wildman–Crippen LogP) is 5.05. The van der Waals surface area contributed by atoms with E-state index < -0.39 is 11.7 Å². The van der Waals surface area contributed by atoms with Gasteiger partial charge in [-0.2, -0.15) is 13.2 Å². The Morgan fingerprint density at radius 2 is 1.71 bits per heavy atom. The van der Waals surface area contributed by atoms with E-state index in [4.69, 9.17) is 5.84 Å². The van der Waals surface area contributed by atoms with Crippen LogP contribution in [0, 0.1) is 0 Å². The molecule has 0 saturated carbocycles. The molecule has 0 unspecified atom stereocenters. The van der Waals surface area contributed by atoms with Crippen molar-refractivity contribution in [3.05, 3.63) is 48.0 Å². The lowest BCUT2D eigenvalue weighted by Crippen LogP contribution is -2.07. The van der Waals surface area contributed by atoms with Gasteiger partial charge in [0.15, 0.2) is 0 Å². The minimum absolute atomic E-state index is 0.0642. The van der Waals surface area contributed by atoms with Gasteiger partial charge in [0, 0.05) is 4.90 Å². The number of benzene rings is 2. The van der Waals surface area contributed by atoms with Crippen LogP contribution in [0.1, 0.15) is 5.56 Å². The van der Waals surface area contributed by atoms with Crippen molar-refractivity contribution >= 4 is 17.4 Å². The van der Waals surface area contributed by atoms with Crippen LogP contribution in [0.4, 0.5) is 18.9 Å². The van der Waals surface area contributed by atoms with Gasteiger partial charge in [0.25, 0.3) is 0 Å². The molecule has 0 bridgehead atoms. The molecular formula is C14H12F3N3S. The van der Waals surface area contributed by atoms with Gasteiger partial charge in [-0.25, -0.2) is 0 Å². The van der Waals surface area contributed by atoms with E-state index in [0.717, 1.165) is 11.0 Å². The molecular weight excluding hydrogens is 299 g/mol. The predicted molar refractivity (Wildman–Crippen MR) is 77.4 cm³/mol. The molecule has 0 amide bonds.